The summed E-state index contributed by atoms with van der Waals surface area (Å²) in [6, 6.07) is 16.1. The first-order chi connectivity index (χ1) is 12.0. The van der Waals surface area contributed by atoms with Crippen LogP contribution >= 0.6 is 11.8 Å². The molecule has 0 fully saturated rings. The molecule has 2 aromatic rings. The van der Waals surface area contributed by atoms with E-state index in [2.05, 4.69) is 0 Å². The Balaban J connectivity index is 2.07. The number of carbonyl (C=O) groups excluding carboxylic acids is 1. The van der Waals surface area contributed by atoms with Crippen LogP contribution in [0.2, 0.25) is 0 Å². The van der Waals surface area contributed by atoms with E-state index in [1.54, 1.807) is 36.0 Å². The summed E-state index contributed by atoms with van der Waals surface area (Å²) < 4.78 is 26.9. The van der Waals surface area contributed by atoms with Gasteiger partial charge in [0.2, 0.25) is 5.91 Å². The van der Waals surface area contributed by atoms with Gasteiger partial charge in [-0.15, -0.1) is 11.8 Å². The van der Waals surface area contributed by atoms with Gasteiger partial charge in [0, 0.05) is 17.5 Å². The molecule has 1 amide bonds. The van der Waals surface area contributed by atoms with Gasteiger partial charge in [0.25, 0.3) is 10.0 Å². The predicted molar refractivity (Wildman–Crippen MR) is 101 cm³/mol. The minimum atomic E-state index is -3.91. The molecule has 0 saturated heterocycles. The number of sulfonamides is 1. The molecule has 0 bridgehead atoms. The number of rotatable bonds is 3. The zero-order chi connectivity index (χ0) is 17.9. The topological polar surface area (TPSA) is 54.5 Å². The van der Waals surface area contributed by atoms with Crippen LogP contribution in [0.3, 0.4) is 0 Å². The van der Waals surface area contributed by atoms with Crippen LogP contribution < -0.4 is 0 Å². The molecule has 0 radical (unpaired) electrons. The number of hydrogen-bond acceptors (Lipinski definition) is 4. The highest BCUT2D eigenvalue weighted by Crippen LogP contribution is 2.32. The molecule has 0 aromatic heterocycles. The van der Waals surface area contributed by atoms with Crippen LogP contribution in [0.1, 0.15) is 24.0 Å². The van der Waals surface area contributed by atoms with Gasteiger partial charge in [-0.1, -0.05) is 48.0 Å². The average Bonchev–Trinajstić information content (AvgIpc) is 2.59. The molecule has 130 valence electrons. The zero-order valence-electron chi connectivity index (χ0n) is 13.9. The monoisotopic (exact) mass is 373 g/mol. The molecular formula is C19H19NO3S2. The lowest BCUT2D eigenvalue weighted by Crippen LogP contribution is -2.33. The highest BCUT2D eigenvalue weighted by molar-refractivity contribution is 8.08. The Labute approximate surface area is 152 Å². The normalized spacial score (nSPS) is 18.2. The van der Waals surface area contributed by atoms with Gasteiger partial charge in [0.15, 0.2) is 0 Å². The first-order valence-electron chi connectivity index (χ1n) is 8.02. The van der Waals surface area contributed by atoms with E-state index >= 15 is 0 Å². The molecule has 0 atom stereocenters. The van der Waals surface area contributed by atoms with Crippen molar-refractivity contribution in [3.05, 3.63) is 71.9 Å². The number of benzene rings is 2. The van der Waals surface area contributed by atoms with E-state index in [9.17, 15) is 13.2 Å². The molecule has 1 aliphatic rings. The highest BCUT2D eigenvalue weighted by atomic mass is 32.2. The summed E-state index contributed by atoms with van der Waals surface area (Å²) >= 11 is 1.57. The lowest BCUT2D eigenvalue weighted by atomic mass is 10.2. The largest absolute Gasteiger partial charge is 0.273 e. The van der Waals surface area contributed by atoms with E-state index in [1.165, 1.54) is 6.20 Å². The summed E-state index contributed by atoms with van der Waals surface area (Å²) in [5.41, 5.74) is 1.88. The summed E-state index contributed by atoms with van der Waals surface area (Å²) in [6.45, 7) is 1.89. The zero-order valence-corrected chi connectivity index (χ0v) is 15.5. The first-order valence-corrected chi connectivity index (χ1v) is 10.4. The molecule has 0 saturated carbocycles. The predicted octanol–water partition coefficient (Wildman–Crippen LogP) is 4.04. The fraction of sp³-hybridized carbons (Fsp3) is 0.211. The van der Waals surface area contributed by atoms with Gasteiger partial charge in [-0.25, -0.2) is 12.7 Å². The van der Waals surface area contributed by atoms with Gasteiger partial charge in [-0.2, -0.15) is 0 Å². The number of thioether (sulfide) groups is 1. The number of nitrogens with zero attached hydrogens (tertiary/aromatic N) is 1. The molecular weight excluding hydrogens is 354 g/mol. The van der Waals surface area contributed by atoms with Crippen molar-refractivity contribution >= 4 is 32.6 Å². The van der Waals surface area contributed by atoms with E-state index in [-0.39, 0.29) is 11.3 Å². The van der Waals surface area contributed by atoms with Gasteiger partial charge in [-0.05, 0) is 36.8 Å². The van der Waals surface area contributed by atoms with Crippen LogP contribution in [0, 0.1) is 6.92 Å². The lowest BCUT2D eigenvalue weighted by Gasteiger charge is -2.22. The first kappa shape index (κ1) is 17.8. The number of carbonyl (C=O) groups is 1. The third-order valence-corrected chi connectivity index (χ3v) is 6.75. The Morgan fingerprint density at radius 1 is 1.00 bits per heavy atom. The lowest BCUT2D eigenvalue weighted by molar-refractivity contribution is -0.124. The van der Waals surface area contributed by atoms with Gasteiger partial charge < -0.3 is 0 Å². The van der Waals surface area contributed by atoms with Gasteiger partial charge in [0.05, 0.1) is 4.90 Å². The van der Waals surface area contributed by atoms with Gasteiger partial charge in [0.1, 0.15) is 0 Å². The Hall–Kier alpha value is -2.05. The fourth-order valence-corrected chi connectivity index (χ4v) is 4.89. The number of hydrogen-bond donors (Lipinski definition) is 0. The maximum atomic E-state index is 13.0. The van der Waals surface area contributed by atoms with E-state index < -0.39 is 15.9 Å². The van der Waals surface area contributed by atoms with Gasteiger partial charge >= 0.3 is 0 Å². The Morgan fingerprint density at radius 3 is 2.36 bits per heavy atom. The molecule has 6 heteroatoms. The van der Waals surface area contributed by atoms with E-state index in [1.807, 2.05) is 37.3 Å². The van der Waals surface area contributed by atoms with Crippen LogP contribution in [-0.2, 0) is 14.8 Å². The van der Waals surface area contributed by atoms with E-state index in [4.69, 9.17) is 0 Å². The summed E-state index contributed by atoms with van der Waals surface area (Å²) in [5.74, 6) is 0.388. The fourth-order valence-electron chi connectivity index (χ4n) is 2.52. The van der Waals surface area contributed by atoms with Crippen LogP contribution in [0.25, 0.3) is 4.91 Å². The number of amides is 1. The molecule has 1 heterocycles. The highest BCUT2D eigenvalue weighted by Gasteiger charge is 2.29. The van der Waals surface area contributed by atoms with Crippen LogP contribution in [-0.4, -0.2) is 24.4 Å². The summed E-state index contributed by atoms with van der Waals surface area (Å²) in [4.78, 5) is 13.4. The second-order valence-corrected chi connectivity index (χ2v) is 8.77. The molecule has 25 heavy (non-hydrogen) atoms. The maximum absolute atomic E-state index is 13.0. The molecule has 3 rings (SSSR count). The summed E-state index contributed by atoms with van der Waals surface area (Å²) in [7, 11) is -3.91. The molecule has 1 aliphatic heterocycles. The van der Waals surface area contributed by atoms with Crippen LogP contribution in [0.4, 0.5) is 0 Å². The van der Waals surface area contributed by atoms with Crippen molar-refractivity contribution in [2.45, 2.75) is 24.7 Å². The second kappa shape index (κ2) is 7.45. The Morgan fingerprint density at radius 2 is 1.68 bits per heavy atom. The average molecular weight is 373 g/mol. The molecule has 0 aliphatic carbocycles. The van der Waals surface area contributed by atoms with Crippen molar-refractivity contribution in [1.82, 2.24) is 4.31 Å². The summed E-state index contributed by atoms with van der Waals surface area (Å²) in [5, 5.41) is 0. The SMILES string of the molecule is Cc1ccc(S(=O)(=O)N2/C=C(/c3ccccc3)SCCCC2=O)cc1. The smallest absolute Gasteiger partial charge is 0.270 e. The standard InChI is InChI=1S/C19H19NO3S2/c1-15-9-11-17(12-10-15)25(22,23)20-14-18(16-6-3-2-4-7-16)24-13-5-8-19(20)21/h2-4,6-7,9-12,14H,5,8,13H2,1H3/b18-14-. The van der Waals surface area contributed by atoms with Crippen LogP contribution in [0.15, 0.2) is 65.7 Å². The van der Waals surface area contributed by atoms with Crippen molar-refractivity contribution in [1.29, 1.82) is 0 Å². The third kappa shape index (κ3) is 3.96. The van der Waals surface area contributed by atoms with Crippen molar-refractivity contribution in [2.75, 3.05) is 5.75 Å². The minimum Gasteiger partial charge on any atom is -0.273 e. The quantitative estimate of drug-likeness (QED) is 0.815. The van der Waals surface area contributed by atoms with Crippen molar-refractivity contribution in [2.24, 2.45) is 0 Å². The molecule has 0 spiro atoms. The third-order valence-electron chi connectivity index (χ3n) is 3.91. The van der Waals surface area contributed by atoms with Crippen molar-refractivity contribution in [3.8, 4) is 0 Å². The second-order valence-electron chi connectivity index (χ2n) is 5.82. The maximum Gasteiger partial charge on any atom is 0.270 e. The summed E-state index contributed by atoms with van der Waals surface area (Å²) in [6.07, 6.45) is 2.33. The Bertz CT molecular complexity index is 888. The van der Waals surface area contributed by atoms with Crippen LogP contribution in [0.5, 0.6) is 0 Å². The van der Waals surface area contributed by atoms with Gasteiger partial charge in [-0.3, -0.25) is 4.79 Å². The van der Waals surface area contributed by atoms with Crippen molar-refractivity contribution in [3.63, 3.8) is 0 Å². The van der Waals surface area contributed by atoms with E-state index in [0.717, 1.165) is 26.1 Å². The Kier molecular flexibility index (Phi) is 5.30. The van der Waals surface area contributed by atoms with E-state index in [0.29, 0.717) is 6.42 Å². The molecule has 0 unspecified atom stereocenters. The molecule has 0 N–H and O–H groups in total. The molecule has 2 aromatic carbocycles. The number of aryl methyl sites for hydroxylation is 1. The molecule has 4 nitrogen and oxygen atoms in total. The van der Waals surface area contributed by atoms with Crippen molar-refractivity contribution < 1.29 is 13.2 Å². The minimum absolute atomic E-state index is 0.126.